The maximum absolute atomic E-state index is 13.6. The van der Waals surface area contributed by atoms with Crippen LogP contribution < -0.4 is 4.90 Å². The highest BCUT2D eigenvalue weighted by Gasteiger charge is 2.48. The number of rotatable bonds is 4. The maximum atomic E-state index is 13.6. The molecule has 38 heavy (non-hydrogen) atoms. The van der Waals surface area contributed by atoms with Gasteiger partial charge in [0.15, 0.2) is 10.9 Å². The fourth-order valence-corrected chi connectivity index (χ4v) is 6.21. The maximum Gasteiger partial charge on any atom is 0.301 e. The van der Waals surface area contributed by atoms with Crippen LogP contribution in [0.15, 0.2) is 66.4 Å². The molecule has 1 aliphatic rings. The summed E-state index contributed by atoms with van der Waals surface area (Å²) < 4.78 is 2.66. The molecule has 1 atom stereocenters. The number of hydrogen-bond acceptors (Lipinski definition) is 6. The number of carbonyl (C=O) groups is 2. The van der Waals surface area contributed by atoms with E-state index < -0.39 is 17.7 Å². The van der Waals surface area contributed by atoms with E-state index in [0.29, 0.717) is 32.6 Å². The predicted molar refractivity (Wildman–Crippen MR) is 150 cm³/mol. The standard InChI is InChI=1S/C29H23ClN4O3S/c1-4-17-7-9-18(10-8-17)24-22(25(35)23-16(3)33-13-5-6-15(2)27(33)32-23)26(36)28(37)34(24)29-31-20-12-11-19(30)14-21(20)38-29/h5-14,24,35H,4H2,1-3H3. The third-order valence-corrected chi connectivity index (χ3v) is 8.25. The van der Waals surface area contributed by atoms with E-state index in [1.807, 2.05) is 60.8 Å². The second kappa shape index (κ2) is 9.08. The molecule has 1 amide bonds. The molecule has 5 aromatic rings. The van der Waals surface area contributed by atoms with Crippen molar-refractivity contribution in [3.8, 4) is 0 Å². The highest BCUT2D eigenvalue weighted by Crippen LogP contribution is 2.44. The van der Waals surface area contributed by atoms with Crippen LogP contribution in [0.1, 0.15) is 41.0 Å². The van der Waals surface area contributed by atoms with Gasteiger partial charge in [-0.2, -0.15) is 0 Å². The SMILES string of the molecule is CCc1ccc(C2C(=C(O)c3nc4c(C)cccn4c3C)C(=O)C(=O)N2c2nc3ccc(Cl)cc3s2)cc1. The van der Waals surface area contributed by atoms with Crippen molar-refractivity contribution in [2.75, 3.05) is 4.90 Å². The third kappa shape index (κ3) is 3.71. The number of hydrogen-bond donors (Lipinski definition) is 1. The molecule has 2 aromatic carbocycles. The summed E-state index contributed by atoms with van der Waals surface area (Å²) in [4.78, 5) is 37.8. The lowest BCUT2D eigenvalue weighted by Gasteiger charge is -2.23. The van der Waals surface area contributed by atoms with E-state index in [-0.39, 0.29) is 17.0 Å². The summed E-state index contributed by atoms with van der Waals surface area (Å²) in [6.45, 7) is 5.81. The Labute approximate surface area is 227 Å². The zero-order valence-electron chi connectivity index (χ0n) is 20.9. The van der Waals surface area contributed by atoms with Gasteiger partial charge < -0.3 is 9.51 Å². The van der Waals surface area contributed by atoms with Crippen LogP contribution in [0.5, 0.6) is 0 Å². The fraction of sp³-hybridized carbons (Fsp3) is 0.172. The van der Waals surface area contributed by atoms with Gasteiger partial charge >= 0.3 is 5.91 Å². The zero-order chi connectivity index (χ0) is 26.7. The van der Waals surface area contributed by atoms with Gasteiger partial charge in [-0.15, -0.1) is 0 Å². The van der Waals surface area contributed by atoms with Crippen molar-refractivity contribution in [1.82, 2.24) is 14.4 Å². The number of aliphatic hydroxyl groups excluding tert-OH is 1. The van der Waals surface area contributed by atoms with Crippen molar-refractivity contribution in [3.05, 3.63) is 99.5 Å². The van der Waals surface area contributed by atoms with E-state index in [2.05, 4.69) is 16.9 Å². The Bertz CT molecular complexity index is 1800. The molecule has 3 aromatic heterocycles. The number of aromatic nitrogens is 3. The molecule has 0 spiro atoms. The minimum atomic E-state index is -0.873. The fourth-order valence-electron chi connectivity index (χ4n) is 4.94. The van der Waals surface area contributed by atoms with Gasteiger partial charge in [0.2, 0.25) is 0 Å². The minimum absolute atomic E-state index is 0.0132. The first-order valence-corrected chi connectivity index (χ1v) is 13.4. The van der Waals surface area contributed by atoms with Crippen molar-refractivity contribution >= 4 is 61.4 Å². The lowest BCUT2D eigenvalue weighted by atomic mass is 9.95. The molecule has 0 aliphatic carbocycles. The Hall–Kier alpha value is -4.01. The van der Waals surface area contributed by atoms with Gasteiger partial charge in [0.1, 0.15) is 11.3 Å². The molecule has 0 bridgehead atoms. The molecule has 0 saturated carbocycles. The lowest BCUT2D eigenvalue weighted by Crippen LogP contribution is -2.29. The highest BCUT2D eigenvalue weighted by molar-refractivity contribution is 7.22. The van der Waals surface area contributed by atoms with Crippen LogP contribution in [0.2, 0.25) is 5.02 Å². The second-order valence-corrected chi connectivity index (χ2v) is 10.7. The number of pyridine rings is 1. The van der Waals surface area contributed by atoms with Gasteiger partial charge in [-0.1, -0.05) is 60.2 Å². The van der Waals surface area contributed by atoms with Crippen molar-refractivity contribution in [3.63, 3.8) is 0 Å². The lowest BCUT2D eigenvalue weighted by molar-refractivity contribution is -0.132. The number of anilines is 1. The second-order valence-electron chi connectivity index (χ2n) is 9.30. The molecule has 0 radical (unpaired) electrons. The Balaban J connectivity index is 1.59. The summed E-state index contributed by atoms with van der Waals surface area (Å²) in [5, 5.41) is 12.5. The van der Waals surface area contributed by atoms with E-state index >= 15 is 0 Å². The Morgan fingerprint density at radius 1 is 1.08 bits per heavy atom. The highest BCUT2D eigenvalue weighted by atomic mass is 35.5. The minimum Gasteiger partial charge on any atom is -0.505 e. The van der Waals surface area contributed by atoms with E-state index in [9.17, 15) is 14.7 Å². The molecular weight excluding hydrogens is 520 g/mol. The molecule has 1 saturated heterocycles. The topological polar surface area (TPSA) is 87.8 Å². The number of halogens is 1. The van der Waals surface area contributed by atoms with E-state index in [0.717, 1.165) is 22.2 Å². The van der Waals surface area contributed by atoms with Crippen LogP contribution in [0.25, 0.3) is 21.6 Å². The summed E-state index contributed by atoms with van der Waals surface area (Å²) in [7, 11) is 0. The smallest absolute Gasteiger partial charge is 0.301 e. The number of aryl methyl sites for hydroxylation is 3. The first-order chi connectivity index (χ1) is 18.3. The molecule has 6 rings (SSSR count). The average Bonchev–Trinajstić information content (AvgIpc) is 3.56. The summed E-state index contributed by atoms with van der Waals surface area (Å²) in [5.74, 6) is -1.84. The van der Waals surface area contributed by atoms with Crippen LogP contribution in [0.4, 0.5) is 5.13 Å². The van der Waals surface area contributed by atoms with Crippen LogP contribution in [-0.4, -0.2) is 31.2 Å². The Kier molecular flexibility index (Phi) is 5.81. The molecular formula is C29H23ClN4O3S. The van der Waals surface area contributed by atoms with Crippen molar-refractivity contribution in [2.24, 2.45) is 0 Å². The number of benzene rings is 2. The molecule has 9 heteroatoms. The van der Waals surface area contributed by atoms with Crippen molar-refractivity contribution in [1.29, 1.82) is 0 Å². The summed E-state index contributed by atoms with van der Waals surface area (Å²) in [5.41, 5.74) is 5.00. The number of aliphatic hydroxyl groups is 1. The van der Waals surface area contributed by atoms with Crippen molar-refractivity contribution < 1.29 is 14.7 Å². The largest absolute Gasteiger partial charge is 0.505 e. The summed E-state index contributed by atoms with van der Waals surface area (Å²) in [6, 6.07) is 16.0. The number of carbonyl (C=O) groups excluding carboxylic acids is 2. The third-order valence-electron chi connectivity index (χ3n) is 7.00. The molecule has 1 fully saturated rings. The van der Waals surface area contributed by atoms with Gasteiger partial charge in [0.05, 0.1) is 27.5 Å². The van der Waals surface area contributed by atoms with Crippen LogP contribution >= 0.6 is 22.9 Å². The van der Waals surface area contributed by atoms with Crippen LogP contribution in [-0.2, 0) is 16.0 Å². The predicted octanol–water partition coefficient (Wildman–Crippen LogP) is 6.40. The van der Waals surface area contributed by atoms with Gasteiger partial charge in [-0.05, 0) is 61.2 Å². The first kappa shape index (κ1) is 24.3. The number of fused-ring (bicyclic) bond motifs is 2. The molecule has 1 aliphatic heterocycles. The van der Waals surface area contributed by atoms with Crippen LogP contribution in [0, 0.1) is 13.8 Å². The number of imidazole rings is 1. The number of ketones is 1. The number of nitrogens with zero attached hydrogens (tertiary/aromatic N) is 4. The Morgan fingerprint density at radius 2 is 1.84 bits per heavy atom. The van der Waals surface area contributed by atoms with Crippen molar-refractivity contribution in [2.45, 2.75) is 33.2 Å². The number of Topliss-reactive ketones (excluding diaryl/α,β-unsaturated/α-hetero) is 1. The normalized spacial score (nSPS) is 17.3. The summed E-state index contributed by atoms with van der Waals surface area (Å²) >= 11 is 7.45. The molecule has 4 heterocycles. The van der Waals surface area contributed by atoms with Gasteiger partial charge in [0, 0.05) is 11.2 Å². The van der Waals surface area contributed by atoms with Gasteiger partial charge in [-0.25, -0.2) is 9.97 Å². The quantitative estimate of drug-likeness (QED) is 0.161. The average molecular weight is 543 g/mol. The van der Waals surface area contributed by atoms with Crippen LogP contribution in [0.3, 0.4) is 0 Å². The monoisotopic (exact) mass is 542 g/mol. The first-order valence-electron chi connectivity index (χ1n) is 12.2. The van der Waals surface area contributed by atoms with Gasteiger partial charge in [-0.3, -0.25) is 14.5 Å². The molecule has 1 unspecified atom stereocenters. The molecule has 190 valence electrons. The van der Waals surface area contributed by atoms with E-state index in [1.54, 1.807) is 18.2 Å². The summed E-state index contributed by atoms with van der Waals surface area (Å²) in [6.07, 6.45) is 2.70. The Morgan fingerprint density at radius 3 is 2.55 bits per heavy atom. The van der Waals surface area contributed by atoms with E-state index in [4.69, 9.17) is 11.6 Å². The van der Waals surface area contributed by atoms with Gasteiger partial charge in [0.25, 0.3) is 5.78 Å². The number of thiazole rings is 1. The molecule has 1 N–H and O–H groups in total. The molecule has 7 nitrogen and oxygen atoms in total. The zero-order valence-corrected chi connectivity index (χ0v) is 22.5. The number of amides is 1. The van der Waals surface area contributed by atoms with E-state index in [1.165, 1.54) is 16.2 Å².